The molecule has 0 saturated carbocycles. The summed E-state index contributed by atoms with van der Waals surface area (Å²) in [6, 6.07) is 10.6. The average molecular weight is 440 g/mol. The van der Waals surface area contributed by atoms with E-state index in [9.17, 15) is 9.18 Å². The first kappa shape index (κ1) is 20.6. The van der Waals surface area contributed by atoms with Crippen LogP contribution in [0.5, 0.6) is 0 Å². The van der Waals surface area contributed by atoms with Crippen molar-refractivity contribution in [2.75, 3.05) is 5.75 Å². The first-order valence-corrected chi connectivity index (χ1v) is 10.2. The average Bonchev–Trinajstić information content (AvgIpc) is 3.14. The molecule has 3 rings (SSSR count). The summed E-state index contributed by atoms with van der Waals surface area (Å²) in [6.45, 7) is 1.75. The largest absolute Gasteiger partial charge is 0.344 e. The SMILES string of the molecule is CC(NC(=O)CSCc1ccc(Cl)cc1Cl)c1nc(-c2ccc(F)cc2)no1. The number of rotatable bonds is 7. The van der Waals surface area contributed by atoms with E-state index < -0.39 is 6.04 Å². The van der Waals surface area contributed by atoms with E-state index in [0.717, 1.165) is 5.56 Å². The number of carbonyl (C=O) groups is 1. The Hall–Kier alpha value is -2.09. The van der Waals surface area contributed by atoms with E-state index in [-0.39, 0.29) is 23.4 Å². The molecule has 0 aliphatic heterocycles. The quantitative estimate of drug-likeness (QED) is 0.541. The lowest BCUT2D eigenvalue weighted by Gasteiger charge is -2.10. The van der Waals surface area contributed by atoms with Gasteiger partial charge in [0.2, 0.25) is 17.6 Å². The molecule has 0 aliphatic carbocycles. The van der Waals surface area contributed by atoms with Crippen LogP contribution in [0.1, 0.15) is 24.4 Å². The molecule has 0 spiro atoms. The number of aromatic nitrogens is 2. The summed E-state index contributed by atoms with van der Waals surface area (Å²) >= 11 is 13.4. The summed E-state index contributed by atoms with van der Waals surface area (Å²) in [5.41, 5.74) is 1.54. The van der Waals surface area contributed by atoms with Crippen molar-refractivity contribution in [3.8, 4) is 11.4 Å². The number of benzene rings is 2. The minimum absolute atomic E-state index is 0.163. The highest BCUT2D eigenvalue weighted by Crippen LogP contribution is 2.25. The van der Waals surface area contributed by atoms with E-state index in [1.165, 1.54) is 23.9 Å². The standard InChI is InChI=1S/C19H16Cl2FN3O2S/c1-11(19-24-18(25-27-19)12-3-6-15(22)7-4-12)23-17(26)10-28-9-13-2-5-14(20)8-16(13)21/h2-8,11H,9-10H2,1H3,(H,23,26). The van der Waals surface area contributed by atoms with Gasteiger partial charge < -0.3 is 9.84 Å². The van der Waals surface area contributed by atoms with Crippen LogP contribution in [-0.4, -0.2) is 21.8 Å². The van der Waals surface area contributed by atoms with Gasteiger partial charge in [0.25, 0.3) is 0 Å². The second-order valence-corrected chi connectivity index (χ2v) is 7.81. The van der Waals surface area contributed by atoms with E-state index in [1.807, 2.05) is 6.07 Å². The van der Waals surface area contributed by atoms with Gasteiger partial charge in [0.15, 0.2) is 0 Å². The molecule has 1 heterocycles. The molecule has 0 aliphatic rings. The van der Waals surface area contributed by atoms with Crippen LogP contribution in [0, 0.1) is 5.82 Å². The minimum Gasteiger partial charge on any atom is -0.344 e. The van der Waals surface area contributed by atoms with E-state index in [2.05, 4.69) is 15.5 Å². The van der Waals surface area contributed by atoms with Gasteiger partial charge in [-0.2, -0.15) is 4.98 Å². The molecule has 2 aromatic carbocycles. The molecule has 1 amide bonds. The third kappa shape index (κ3) is 5.47. The van der Waals surface area contributed by atoms with Gasteiger partial charge in [0, 0.05) is 21.4 Å². The first-order valence-electron chi connectivity index (χ1n) is 8.33. The highest BCUT2D eigenvalue weighted by molar-refractivity contribution is 7.99. The Balaban J connectivity index is 1.51. The lowest BCUT2D eigenvalue weighted by Crippen LogP contribution is -2.28. The maximum Gasteiger partial charge on any atom is 0.249 e. The third-order valence-electron chi connectivity index (χ3n) is 3.80. The van der Waals surface area contributed by atoms with Crippen LogP contribution >= 0.6 is 35.0 Å². The van der Waals surface area contributed by atoms with Crippen molar-refractivity contribution in [1.29, 1.82) is 0 Å². The maximum atomic E-state index is 13.0. The zero-order valence-electron chi connectivity index (χ0n) is 14.8. The number of hydrogen-bond donors (Lipinski definition) is 1. The Morgan fingerprint density at radius 2 is 2.00 bits per heavy atom. The van der Waals surface area contributed by atoms with Crippen LogP contribution in [0.4, 0.5) is 4.39 Å². The maximum absolute atomic E-state index is 13.0. The molecular weight excluding hydrogens is 424 g/mol. The van der Waals surface area contributed by atoms with Crippen LogP contribution in [0.15, 0.2) is 47.0 Å². The summed E-state index contributed by atoms with van der Waals surface area (Å²) < 4.78 is 18.2. The van der Waals surface area contributed by atoms with Gasteiger partial charge in [0.1, 0.15) is 11.9 Å². The molecule has 1 unspecified atom stereocenters. The zero-order valence-corrected chi connectivity index (χ0v) is 17.1. The highest BCUT2D eigenvalue weighted by atomic mass is 35.5. The van der Waals surface area contributed by atoms with Crippen molar-refractivity contribution < 1.29 is 13.7 Å². The van der Waals surface area contributed by atoms with E-state index in [1.54, 1.807) is 31.2 Å². The van der Waals surface area contributed by atoms with Gasteiger partial charge in [-0.05, 0) is 48.9 Å². The Kier molecular flexibility index (Phi) is 6.93. The molecule has 0 saturated heterocycles. The van der Waals surface area contributed by atoms with Crippen LogP contribution in [0.3, 0.4) is 0 Å². The van der Waals surface area contributed by atoms with E-state index in [0.29, 0.717) is 27.2 Å². The predicted octanol–water partition coefficient (Wildman–Crippen LogP) is 5.29. The molecule has 1 N–H and O–H groups in total. The summed E-state index contributed by atoms with van der Waals surface area (Å²) in [6.07, 6.45) is 0. The monoisotopic (exact) mass is 439 g/mol. The Morgan fingerprint density at radius 3 is 2.71 bits per heavy atom. The number of nitrogens with one attached hydrogen (secondary N) is 1. The smallest absolute Gasteiger partial charge is 0.249 e. The minimum atomic E-state index is -0.450. The second-order valence-electron chi connectivity index (χ2n) is 5.98. The normalized spacial score (nSPS) is 12.0. The molecule has 1 aromatic heterocycles. The summed E-state index contributed by atoms with van der Waals surface area (Å²) in [7, 11) is 0. The Bertz CT molecular complexity index is 966. The van der Waals surface area contributed by atoms with Gasteiger partial charge in [-0.25, -0.2) is 4.39 Å². The molecule has 3 aromatic rings. The van der Waals surface area contributed by atoms with Gasteiger partial charge in [-0.1, -0.05) is 34.4 Å². The summed E-state index contributed by atoms with van der Waals surface area (Å²) in [4.78, 5) is 16.4. The highest BCUT2D eigenvalue weighted by Gasteiger charge is 2.17. The molecular formula is C19H16Cl2FN3O2S. The number of thioether (sulfide) groups is 1. The zero-order chi connectivity index (χ0) is 20.1. The number of carbonyl (C=O) groups excluding carboxylic acids is 1. The van der Waals surface area contributed by atoms with Crippen molar-refractivity contribution in [1.82, 2.24) is 15.5 Å². The molecule has 146 valence electrons. The van der Waals surface area contributed by atoms with Gasteiger partial charge >= 0.3 is 0 Å². The molecule has 1 atom stereocenters. The fourth-order valence-corrected chi connectivity index (χ4v) is 3.76. The van der Waals surface area contributed by atoms with Crippen molar-refractivity contribution in [3.05, 3.63) is 69.8 Å². The lowest BCUT2D eigenvalue weighted by atomic mass is 10.2. The number of nitrogens with zero attached hydrogens (tertiary/aromatic N) is 2. The summed E-state index contributed by atoms with van der Waals surface area (Å²) in [5.74, 6) is 0.950. The Morgan fingerprint density at radius 1 is 1.25 bits per heavy atom. The van der Waals surface area contributed by atoms with Crippen LogP contribution < -0.4 is 5.32 Å². The molecule has 0 bridgehead atoms. The van der Waals surface area contributed by atoms with Crippen molar-refractivity contribution in [3.63, 3.8) is 0 Å². The number of amides is 1. The fourth-order valence-electron chi connectivity index (χ4n) is 2.36. The lowest BCUT2D eigenvalue weighted by molar-refractivity contribution is -0.119. The second kappa shape index (κ2) is 9.41. The van der Waals surface area contributed by atoms with Gasteiger partial charge in [0.05, 0.1) is 5.75 Å². The molecule has 0 radical (unpaired) electrons. The summed E-state index contributed by atoms with van der Waals surface area (Å²) in [5, 5.41) is 7.83. The molecule has 28 heavy (non-hydrogen) atoms. The third-order valence-corrected chi connectivity index (χ3v) is 5.37. The first-order chi connectivity index (χ1) is 13.4. The van der Waals surface area contributed by atoms with Crippen LogP contribution in [0.2, 0.25) is 10.0 Å². The van der Waals surface area contributed by atoms with Gasteiger partial charge in [-0.15, -0.1) is 11.8 Å². The predicted molar refractivity (Wildman–Crippen MR) is 109 cm³/mol. The van der Waals surface area contributed by atoms with Crippen LogP contribution in [-0.2, 0) is 10.5 Å². The van der Waals surface area contributed by atoms with Crippen molar-refractivity contribution >= 4 is 40.9 Å². The molecule has 9 heteroatoms. The molecule has 0 fully saturated rings. The van der Waals surface area contributed by atoms with E-state index in [4.69, 9.17) is 27.7 Å². The molecule has 5 nitrogen and oxygen atoms in total. The van der Waals surface area contributed by atoms with Crippen LogP contribution in [0.25, 0.3) is 11.4 Å². The number of hydrogen-bond acceptors (Lipinski definition) is 5. The fraction of sp³-hybridized carbons (Fsp3) is 0.211. The topological polar surface area (TPSA) is 68.0 Å². The number of halogens is 3. The Labute approximate surface area is 175 Å². The van der Waals surface area contributed by atoms with Crippen molar-refractivity contribution in [2.45, 2.75) is 18.7 Å². The van der Waals surface area contributed by atoms with Gasteiger partial charge in [-0.3, -0.25) is 4.79 Å². The van der Waals surface area contributed by atoms with E-state index >= 15 is 0 Å². The van der Waals surface area contributed by atoms with Crippen molar-refractivity contribution in [2.24, 2.45) is 0 Å².